The summed E-state index contributed by atoms with van der Waals surface area (Å²) in [6, 6.07) is 5.98. The Bertz CT molecular complexity index is 870. The molecule has 4 aliphatic carbocycles. The smallest absolute Gasteiger partial charge is 0.253 e. The van der Waals surface area contributed by atoms with Crippen molar-refractivity contribution in [3.8, 4) is 0 Å². The second kappa shape index (κ2) is 9.88. The first kappa shape index (κ1) is 23.7. The third-order valence-electron chi connectivity index (χ3n) is 8.78. The van der Waals surface area contributed by atoms with Gasteiger partial charge in [-0.25, -0.2) is 0 Å². The Kier molecular flexibility index (Phi) is 6.88. The lowest BCUT2D eigenvalue weighted by molar-refractivity contribution is -0.140. The van der Waals surface area contributed by atoms with Crippen LogP contribution >= 0.6 is 0 Å². The Hall–Kier alpha value is -2.08. The van der Waals surface area contributed by atoms with Gasteiger partial charge >= 0.3 is 0 Å². The predicted molar refractivity (Wildman–Crippen MR) is 137 cm³/mol. The van der Waals surface area contributed by atoms with Crippen molar-refractivity contribution >= 4 is 23.2 Å². The minimum atomic E-state index is -0.186. The van der Waals surface area contributed by atoms with E-state index >= 15 is 0 Å². The van der Waals surface area contributed by atoms with Crippen LogP contribution in [-0.2, 0) is 4.79 Å². The first-order chi connectivity index (χ1) is 16.4. The number of benzene rings is 1. The monoisotopic (exact) mass is 466 g/mol. The summed E-state index contributed by atoms with van der Waals surface area (Å²) < 4.78 is 0. The van der Waals surface area contributed by atoms with Crippen molar-refractivity contribution in [2.45, 2.75) is 64.2 Å². The van der Waals surface area contributed by atoms with Crippen LogP contribution in [-0.4, -0.2) is 57.0 Å². The maximum Gasteiger partial charge on any atom is 0.253 e. The standard InChI is InChI=1S/C28H42N4O2/c1-31(2)10-6-9-29-26(33)24-16-23(7-8-25(24)32-11-4-3-5-12-32)30-27(34)28-17-20-13-21(18-28)15-22(14-20)19-28/h7-8,16,20-22H,3-6,9-15,17-19H2,1-2H3,(H,29,33)(H,30,34). The van der Waals surface area contributed by atoms with Crippen LogP contribution < -0.4 is 15.5 Å². The van der Waals surface area contributed by atoms with Crippen LogP contribution in [0, 0.1) is 23.2 Å². The van der Waals surface area contributed by atoms with Crippen molar-refractivity contribution in [3.05, 3.63) is 23.8 Å². The van der Waals surface area contributed by atoms with Gasteiger partial charge in [0.25, 0.3) is 5.91 Å². The minimum Gasteiger partial charge on any atom is -0.371 e. The molecule has 1 aliphatic heterocycles. The van der Waals surface area contributed by atoms with Gasteiger partial charge < -0.3 is 20.4 Å². The van der Waals surface area contributed by atoms with Crippen molar-refractivity contribution < 1.29 is 9.59 Å². The lowest BCUT2D eigenvalue weighted by Crippen LogP contribution is -2.51. The molecule has 0 radical (unpaired) electrons. The number of hydrogen-bond acceptors (Lipinski definition) is 4. The zero-order chi connectivity index (χ0) is 23.7. The van der Waals surface area contributed by atoms with Gasteiger partial charge in [0.2, 0.25) is 5.91 Å². The molecule has 34 heavy (non-hydrogen) atoms. The van der Waals surface area contributed by atoms with E-state index in [0.717, 1.165) is 87.3 Å². The summed E-state index contributed by atoms with van der Waals surface area (Å²) in [6.45, 7) is 3.57. The van der Waals surface area contributed by atoms with E-state index in [-0.39, 0.29) is 17.2 Å². The van der Waals surface area contributed by atoms with E-state index in [2.05, 4.69) is 26.5 Å². The van der Waals surface area contributed by atoms with Crippen molar-refractivity contribution in [2.24, 2.45) is 23.2 Å². The summed E-state index contributed by atoms with van der Waals surface area (Å²) in [5.41, 5.74) is 2.27. The van der Waals surface area contributed by atoms with E-state index in [1.54, 1.807) is 0 Å². The number of piperidine rings is 1. The molecule has 6 rings (SSSR count). The van der Waals surface area contributed by atoms with Crippen LogP contribution in [0.4, 0.5) is 11.4 Å². The first-order valence-electron chi connectivity index (χ1n) is 13.6. The van der Waals surface area contributed by atoms with E-state index in [1.165, 1.54) is 25.7 Å². The second-order valence-electron chi connectivity index (χ2n) is 11.8. The van der Waals surface area contributed by atoms with Crippen molar-refractivity contribution in [1.29, 1.82) is 0 Å². The van der Waals surface area contributed by atoms with E-state index < -0.39 is 0 Å². The fourth-order valence-electron chi connectivity index (χ4n) is 7.55. The highest BCUT2D eigenvalue weighted by Gasteiger charge is 2.54. The molecule has 1 saturated heterocycles. The molecule has 4 bridgehead atoms. The Morgan fingerprint density at radius 3 is 2.26 bits per heavy atom. The van der Waals surface area contributed by atoms with Gasteiger partial charge in [-0.2, -0.15) is 0 Å². The number of carbonyl (C=O) groups is 2. The molecule has 2 N–H and O–H groups in total. The molecular weight excluding hydrogens is 424 g/mol. The number of hydrogen-bond donors (Lipinski definition) is 2. The van der Waals surface area contributed by atoms with E-state index in [4.69, 9.17) is 0 Å². The van der Waals surface area contributed by atoms with E-state index in [1.807, 2.05) is 26.2 Å². The van der Waals surface area contributed by atoms with Gasteiger partial charge in [-0.05, 0) is 121 Å². The molecule has 0 unspecified atom stereocenters. The van der Waals surface area contributed by atoms with Crippen molar-refractivity contribution in [3.63, 3.8) is 0 Å². The molecule has 2 amide bonds. The van der Waals surface area contributed by atoms with Gasteiger partial charge in [0.05, 0.1) is 11.0 Å². The summed E-state index contributed by atoms with van der Waals surface area (Å²) in [5.74, 6) is 2.37. The molecule has 4 saturated carbocycles. The number of nitrogens with one attached hydrogen (secondary N) is 2. The molecule has 1 heterocycles. The maximum absolute atomic E-state index is 13.6. The van der Waals surface area contributed by atoms with Crippen LogP contribution in [0.5, 0.6) is 0 Å². The number of amides is 2. The first-order valence-corrected chi connectivity index (χ1v) is 13.6. The number of carbonyl (C=O) groups excluding carboxylic acids is 2. The second-order valence-corrected chi connectivity index (χ2v) is 11.8. The van der Waals surface area contributed by atoms with Crippen molar-refractivity contribution in [1.82, 2.24) is 10.2 Å². The molecule has 0 aromatic heterocycles. The summed E-state index contributed by atoms with van der Waals surface area (Å²) >= 11 is 0. The third-order valence-corrected chi connectivity index (χ3v) is 8.78. The molecule has 1 aromatic rings. The topological polar surface area (TPSA) is 64.7 Å². The predicted octanol–water partition coefficient (Wildman–Crippen LogP) is 4.51. The summed E-state index contributed by atoms with van der Waals surface area (Å²) in [5, 5.41) is 6.38. The Balaban J connectivity index is 1.32. The highest BCUT2D eigenvalue weighted by atomic mass is 16.2. The van der Waals surface area contributed by atoms with Gasteiger partial charge in [-0.3, -0.25) is 9.59 Å². The normalized spacial score (nSPS) is 30.0. The largest absolute Gasteiger partial charge is 0.371 e. The van der Waals surface area contributed by atoms with Crippen LogP contribution in [0.1, 0.15) is 74.6 Å². The summed E-state index contributed by atoms with van der Waals surface area (Å²) in [4.78, 5) is 31.3. The average molecular weight is 467 g/mol. The van der Waals surface area contributed by atoms with E-state index in [0.29, 0.717) is 12.1 Å². The minimum absolute atomic E-state index is 0.0368. The molecule has 1 aromatic carbocycles. The number of rotatable bonds is 8. The molecular formula is C28H42N4O2. The highest BCUT2D eigenvalue weighted by Crippen LogP contribution is 2.60. The third kappa shape index (κ3) is 4.98. The van der Waals surface area contributed by atoms with Crippen molar-refractivity contribution in [2.75, 3.05) is 50.5 Å². The average Bonchev–Trinajstić information content (AvgIpc) is 2.81. The molecule has 0 spiro atoms. The molecule has 6 heteroatoms. The van der Waals surface area contributed by atoms with Crippen LogP contribution in [0.25, 0.3) is 0 Å². The molecule has 5 fully saturated rings. The Labute approximate surface area is 204 Å². The summed E-state index contributed by atoms with van der Waals surface area (Å²) in [6.07, 6.45) is 11.6. The SMILES string of the molecule is CN(C)CCCNC(=O)c1cc(NC(=O)C23CC4CC(CC(C4)C2)C3)ccc1N1CCCCC1. The van der Waals surface area contributed by atoms with Gasteiger partial charge in [-0.15, -0.1) is 0 Å². The maximum atomic E-state index is 13.6. The lowest BCUT2D eigenvalue weighted by Gasteiger charge is -2.55. The fourth-order valence-corrected chi connectivity index (χ4v) is 7.55. The van der Waals surface area contributed by atoms with Gasteiger partial charge in [0.1, 0.15) is 0 Å². The van der Waals surface area contributed by atoms with Gasteiger partial charge in [0, 0.05) is 31.0 Å². The van der Waals surface area contributed by atoms with Gasteiger partial charge in [-0.1, -0.05) is 0 Å². The quantitative estimate of drug-likeness (QED) is 0.553. The Morgan fingerprint density at radius 1 is 1.00 bits per heavy atom. The number of anilines is 2. The molecule has 6 nitrogen and oxygen atoms in total. The summed E-state index contributed by atoms with van der Waals surface area (Å²) in [7, 11) is 4.10. The van der Waals surface area contributed by atoms with Crippen LogP contribution in [0.15, 0.2) is 18.2 Å². The molecule has 186 valence electrons. The number of nitrogens with zero attached hydrogens (tertiary/aromatic N) is 2. The van der Waals surface area contributed by atoms with E-state index in [9.17, 15) is 9.59 Å². The van der Waals surface area contributed by atoms with Crippen LogP contribution in [0.3, 0.4) is 0 Å². The lowest BCUT2D eigenvalue weighted by atomic mass is 9.49. The fraction of sp³-hybridized carbons (Fsp3) is 0.714. The molecule has 5 aliphatic rings. The Morgan fingerprint density at radius 2 is 1.65 bits per heavy atom. The zero-order valence-electron chi connectivity index (χ0n) is 21.1. The zero-order valence-corrected chi connectivity index (χ0v) is 21.1. The van der Waals surface area contributed by atoms with Crippen LogP contribution in [0.2, 0.25) is 0 Å². The van der Waals surface area contributed by atoms with Gasteiger partial charge in [0.15, 0.2) is 0 Å². The highest BCUT2D eigenvalue weighted by molar-refractivity contribution is 6.02. The molecule has 0 atom stereocenters.